The third kappa shape index (κ3) is 551. The molecule has 0 saturated heterocycles. The molecular formula is CH5NO5Ti. The molecule has 0 rings (SSSR count). The molecule has 0 saturated carbocycles. The van der Waals surface area contributed by atoms with Crippen LogP contribution in [0.15, 0.2) is 0 Å². The van der Waals surface area contributed by atoms with Gasteiger partial charge in [0.15, 0.2) is 0 Å². The number of carbonyl (C=O) groups is 1. The van der Waals surface area contributed by atoms with Gasteiger partial charge in [-0.1, -0.05) is 0 Å². The van der Waals surface area contributed by atoms with Crippen LogP contribution in [0.5, 0.6) is 0 Å². The van der Waals surface area contributed by atoms with Crippen molar-refractivity contribution < 1.29 is 40.7 Å². The Balaban J connectivity index is -0.0000000575. The Bertz CT molecular complexity index is 80.4. The van der Waals surface area contributed by atoms with E-state index in [2.05, 4.69) is 0 Å². The van der Waals surface area contributed by atoms with Gasteiger partial charge in [0.25, 0.3) is 0 Å². The zero-order valence-corrected chi connectivity index (χ0v) is 5.64. The molecule has 6 nitrogen and oxygen atoms in total. The van der Waals surface area contributed by atoms with Gasteiger partial charge in [-0.25, -0.2) is 0 Å². The molecule has 0 aliphatic heterocycles. The normalized spacial score (nSPS) is 4.00. The number of hydrogen-bond acceptors (Lipinski definition) is 4. The van der Waals surface area contributed by atoms with Crippen molar-refractivity contribution in [3.05, 3.63) is 0 Å². The fraction of sp³-hybridized carbons (Fsp3) is 0. The van der Waals surface area contributed by atoms with Crippen LogP contribution in [-0.4, -0.2) is 11.3 Å². The van der Waals surface area contributed by atoms with Crippen molar-refractivity contribution in [1.29, 1.82) is 0 Å². The maximum atomic E-state index is 8.50. The van der Waals surface area contributed by atoms with Gasteiger partial charge in [0.2, 0.25) is 6.16 Å². The van der Waals surface area contributed by atoms with Gasteiger partial charge in [-0.3, -0.25) is 0 Å². The van der Waals surface area contributed by atoms with E-state index in [1.54, 1.807) is 0 Å². The van der Waals surface area contributed by atoms with Crippen LogP contribution in [0.25, 0.3) is 0 Å². The minimum absolute atomic E-state index is 0. The van der Waals surface area contributed by atoms with Crippen molar-refractivity contribution >= 4 is 6.16 Å². The first-order valence-corrected chi connectivity index (χ1v) is 2.32. The summed E-state index contributed by atoms with van der Waals surface area (Å²) in [5.41, 5.74) is 0. The molecule has 5 N–H and O–H groups in total. The summed E-state index contributed by atoms with van der Waals surface area (Å²) in [7, 11) is 0. The number of hydrogen-bond donors (Lipinski definition) is 2. The van der Waals surface area contributed by atoms with Crippen molar-refractivity contribution in [3.63, 3.8) is 0 Å². The molecule has 0 aliphatic rings. The van der Waals surface area contributed by atoms with Crippen molar-refractivity contribution in [2.45, 2.75) is 0 Å². The van der Waals surface area contributed by atoms with E-state index in [0.717, 1.165) is 0 Å². The quantitative estimate of drug-likeness (QED) is 0.438. The summed E-state index contributed by atoms with van der Waals surface area (Å²) in [6.45, 7) is 0. The minimum atomic E-state index is -2.08. The molecule has 0 aromatic heterocycles. The van der Waals surface area contributed by atoms with Crippen LogP contribution in [-0.2, 0) is 25.7 Å². The first kappa shape index (κ1) is 15.6. The molecule has 0 amide bonds. The summed E-state index contributed by atoms with van der Waals surface area (Å²) in [6, 6.07) is 0. The van der Waals surface area contributed by atoms with Gasteiger partial charge in [-0.2, -0.15) is 0 Å². The zero-order chi connectivity index (χ0) is 6.28. The van der Waals surface area contributed by atoms with Crippen LogP contribution in [0.2, 0.25) is 0 Å². The fourth-order valence-corrected chi connectivity index (χ4v) is 0. The molecule has 7 heteroatoms. The summed E-state index contributed by atoms with van der Waals surface area (Å²) in [5.74, 6) is 0. The second kappa shape index (κ2) is 16.0. The Labute approximate surface area is 53.7 Å². The van der Waals surface area contributed by atoms with E-state index >= 15 is 0 Å². The fourth-order valence-electron chi connectivity index (χ4n) is 0. The topological polar surface area (TPSA) is 131 Å². The van der Waals surface area contributed by atoms with Gasteiger partial charge in [-0.15, -0.1) is 0 Å². The monoisotopic (exact) mass is 159 g/mol. The van der Waals surface area contributed by atoms with Crippen molar-refractivity contribution in [3.8, 4) is 0 Å². The molecule has 0 fully saturated rings. The van der Waals surface area contributed by atoms with Gasteiger partial charge in [0.1, 0.15) is 0 Å². The van der Waals surface area contributed by atoms with Crippen LogP contribution in [0, 0.1) is 0 Å². The Morgan fingerprint density at radius 3 is 1.50 bits per heavy atom. The van der Waals surface area contributed by atoms with E-state index < -0.39 is 25.2 Å². The van der Waals surface area contributed by atoms with E-state index in [9.17, 15) is 0 Å². The summed E-state index contributed by atoms with van der Waals surface area (Å²) >= 11 is -2.00. The number of carboxylic acid groups (broad SMARTS) is 2. The number of rotatable bonds is 0. The first-order chi connectivity index (χ1) is 3.15. The van der Waals surface area contributed by atoms with E-state index in [1.807, 2.05) is 0 Å². The van der Waals surface area contributed by atoms with Crippen LogP contribution in [0.4, 0.5) is 4.79 Å². The van der Waals surface area contributed by atoms with E-state index in [4.69, 9.17) is 21.7 Å². The standard InChI is InChI=1S/CH2O3.H3N.2O.Ti/c2-1(3)4;;;;/h(H2,2,3,4);1H3;;;. The van der Waals surface area contributed by atoms with Gasteiger partial charge in [-0.05, 0) is 0 Å². The molecule has 0 heterocycles. The second-order valence-corrected chi connectivity index (χ2v) is 0.609. The van der Waals surface area contributed by atoms with Crippen LogP contribution >= 0.6 is 0 Å². The summed E-state index contributed by atoms with van der Waals surface area (Å²) in [5, 5.41) is 15.3. The molecule has 0 aromatic rings. The Morgan fingerprint density at radius 1 is 1.50 bits per heavy atom. The molecule has 0 spiro atoms. The third-order valence-corrected chi connectivity index (χ3v) is 0. The molecule has 0 radical (unpaired) electrons. The molecule has 0 unspecified atom stereocenters. The van der Waals surface area contributed by atoms with Crippen molar-refractivity contribution in [2.24, 2.45) is 0 Å². The van der Waals surface area contributed by atoms with E-state index in [-0.39, 0.29) is 6.15 Å². The van der Waals surface area contributed by atoms with E-state index in [0.29, 0.717) is 0 Å². The Morgan fingerprint density at radius 2 is 1.50 bits per heavy atom. The van der Waals surface area contributed by atoms with Crippen molar-refractivity contribution in [1.82, 2.24) is 6.15 Å². The summed E-state index contributed by atoms with van der Waals surface area (Å²) in [4.78, 5) is 8.44. The Kier molecular flexibility index (Phi) is 31.3. The SMILES string of the molecule is O=C([O-])O.[NH4+].[O]=[Ti]=[O]. The molecule has 0 bridgehead atoms. The predicted molar refractivity (Wildman–Crippen MR) is 15.4 cm³/mol. The van der Waals surface area contributed by atoms with Gasteiger partial charge in [0.05, 0.1) is 0 Å². The summed E-state index contributed by atoms with van der Waals surface area (Å²) in [6.07, 6.45) is -2.08. The molecular weight excluding hydrogens is 154 g/mol. The zero-order valence-electron chi connectivity index (χ0n) is 4.08. The predicted octanol–water partition coefficient (Wildman–Crippen LogP) is -0.976. The Hall–Kier alpha value is -0.456. The molecule has 48 valence electrons. The maximum absolute atomic E-state index is 8.50. The number of quaternary nitrogens is 1. The second-order valence-electron chi connectivity index (χ2n) is 0.349. The molecule has 8 heavy (non-hydrogen) atoms. The van der Waals surface area contributed by atoms with Gasteiger partial charge >= 0.3 is 25.7 Å². The van der Waals surface area contributed by atoms with E-state index in [1.165, 1.54) is 0 Å². The first-order valence-electron chi connectivity index (χ1n) is 1.04. The van der Waals surface area contributed by atoms with Crippen LogP contribution in [0.3, 0.4) is 0 Å². The summed E-state index contributed by atoms with van der Waals surface area (Å²) < 4.78 is 17.0. The average Bonchev–Trinajstić information content (AvgIpc) is 1.33. The van der Waals surface area contributed by atoms with Crippen LogP contribution < -0.4 is 11.3 Å². The average molecular weight is 159 g/mol. The van der Waals surface area contributed by atoms with Gasteiger partial charge in [0, 0.05) is 0 Å². The molecule has 0 aliphatic carbocycles. The third-order valence-electron chi connectivity index (χ3n) is 0. The molecule has 0 aromatic carbocycles. The van der Waals surface area contributed by atoms with Crippen LogP contribution in [0.1, 0.15) is 0 Å². The molecule has 0 atom stereocenters. The van der Waals surface area contributed by atoms with Crippen molar-refractivity contribution in [2.75, 3.05) is 0 Å². The van der Waals surface area contributed by atoms with Gasteiger partial charge < -0.3 is 21.2 Å².